The average molecular weight is 179 g/mol. The van der Waals surface area contributed by atoms with Gasteiger partial charge in [0.15, 0.2) is 0 Å². The third kappa shape index (κ3) is 3.07. The summed E-state index contributed by atoms with van der Waals surface area (Å²) < 4.78 is 5.62. The molecule has 0 aromatic heterocycles. The maximum Gasteiger partial charge on any atom is 0.119 e. The first-order chi connectivity index (χ1) is 6.26. The van der Waals surface area contributed by atoms with E-state index >= 15 is 0 Å². The smallest absolute Gasteiger partial charge is 0.119 e. The van der Waals surface area contributed by atoms with Gasteiger partial charge in [0.1, 0.15) is 5.75 Å². The van der Waals surface area contributed by atoms with Gasteiger partial charge in [0.05, 0.1) is 6.10 Å². The fourth-order valence-electron chi connectivity index (χ4n) is 1.02. The minimum absolute atomic E-state index is 0.281. The third-order valence-electron chi connectivity index (χ3n) is 2.07. The summed E-state index contributed by atoms with van der Waals surface area (Å²) in [5, 5.41) is 0. The molecule has 0 bridgehead atoms. The molecule has 0 saturated carbocycles. The van der Waals surface area contributed by atoms with E-state index in [4.69, 9.17) is 10.5 Å². The summed E-state index contributed by atoms with van der Waals surface area (Å²) in [7, 11) is 0. The summed E-state index contributed by atoms with van der Waals surface area (Å²) >= 11 is 0. The number of ether oxygens (including phenoxy) is 1. The predicted molar refractivity (Wildman–Crippen MR) is 54.7 cm³/mol. The van der Waals surface area contributed by atoms with Crippen LogP contribution in [0.4, 0.5) is 0 Å². The number of nitrogens with two attached hydrogens (primary N) is 1. The van der Waals surface area contributed by atoms with Crippen molar-refractivity contribution in [1.29, 1.82) is 0 Å². The van der Waals surface area contributed by atoms with Crippen LogP contribution in [0.2, 0.25) is 0 Å². The molecule has 13 heavy (non-hydrogen) atoms. The van der Waals surface area contributed by atoms with Crippen molar-refractivity contribution < 1.29 is 4.74 Å². The SMILES string of the molecule is CC[C@@H](C)Oc1ccc(CN)cc1. The third-order valence-corrected chi connectivity index (χ3v) is 2.07. The first kappa shape index (κ1) is 10.1. The monoisotopic (exact) mass is 179 g/mol. The van der Waals surface area contributed by atoms with Gasteiger partial charge in [0.25, 0.3) is 0 Å². The molecule has 1 atom stereocenters. The van der Waals surface area contributed by atoms with Gasteiger partial charge in [-0.15, -0.1) is 0 Å². The van der Waals surface area contributed by atoms with E-state index in [1.165, 1.54) is 0 Å². The lowest BCUT2D eigenvalue weighted by atomic mass is 10.2. The zero-order chi connectivity index (χ0) is 9.68. The van der Waals surface area contributed by atoms with Crippen LogP contribution in [-0.4, -0.2) is 6.10 Å². The lowest BCUT2D eigenvalue weighted by molar-refractivity contribution is 0.217. The Labute approximate surface area is 79.7 Å². The van der Waals surface area contributed by atoms with Crippen LogP contribution < -0.4 is 10.5 Å². The van der Waals surface area contributed by atoms with Gasteiger partial charge in [0, 0.05) is 6.54 Å². The van der Waals surface area contributed by atoms with Crippen molar-refractivity contribution >= 4 is 0 Å². The van der Waals surface area contributed by atoms with Crippen LogP contribution in [0.1, 0.15) is 25.8 Å². The summed E-state index contributed by atoms with van der Waals surface area (Å²) in [4.78, 5) is 0. The largest absolute Gasteiger partial charge is 0.491 e. The normalized spacial score (nSPS) is 12.5. The van der Waals surface area contributed by atoms with Gasteiger partial charge in [-0.05, 0) is 31.0 Å². The summed E-state index contributed by atoms with van der Waals surface area (Å²) in [6.07, 6.45) is 1.31. The van der Waals surface area contributed by atoms with E-state index in [1.54, 1.807) is 0 Å². The summed E-state index contributed by atoms with van der Waals surface area (Å²) in [5.74, 6) is 0.923. The highest BCUT2D eigenvalue weighted by Crippen LogP contribution is 2.14. The second-order valence-electron chi connectivity index (χ2n) is 3.18. The highest BCUT2D eigenvalue weighted by Gasteiger charge is 1.99. The molecule has 0 radical (unpaired) electrons. The van der Waals surface area contributed by atoms with Crippen LogP contribution in [0.3, 0.4) is 0 Å². The molecule has 2 nitrogen and oxygen atoms in total. The van der Waals surface area contributed by atoms with Gasteiger partial charge >= 0.3 is 0 Å². The van der Waals surface area contributed by atoms with Crippen LogP contribution >= 0.6 is 0 Å². The zero-order valence-electron chi connectivity index (χ0n) is 8.29. The number of rotatable bonds is 4. The molecule has 0 aliphatic carbocycles. The molecule has 72 valence electrons. The van der Waals surface area contributed by atoms with E-state index in [9.17, 15) is 0 Å². The van der Waals surface area contributed by atoms with Gasteiger partial charge in [-0.1, -0.05) is 19.1 Å². The highest BCUT2D eigenvalue weighted by atomic mass is 16.5. The maximum absolute atomic E-state index is 5.62. The molecule has 0 unspecified atom stereocenters. The molecule has 0 aliphatic heterocycles. The van der Waals surface area contributed by atoms with Crippen molar-refractivity contribution in [3.05, 3.63) is 29.8 Å². The molecule has 2 heteroatoms. The quantitative estimate of drug-likeness (QED) is 0.769. The number of hydrogen-bond acceptors (Lipinski definition) is 2. The zero-order valence-corrected chi connectivity index (χ0v) is 8.29. The summed E-state index contributed by atoms with van der Waals surface area (Å²) in [5.41, 5.74) is 6.62. The van der Waals surface area contributed by atoms with Crippen LogP contribution in [0, 0.1) is 0 Å². The van der Waals surface area contributed by atoms with E-state index in [2.05, 4.69) is 13.8 Å². The van der Waals surface area contributed by atoms with Crippen LogP contribution in [0.15, 0.2) is 24.3 Å². The second kappa shape index (κ2) is 4.87. The van der Waals surface area contributed by atoms with Crippen molar-refractivity contribution in [1.82, 2.24) is 0 Å². The summed E-state index contributed by atoms with van der Waals surface area (Å²) in [6.45, 7) is 4.76. The Morgan fingerprint density at radius 2 is 1.92 bits per heavy atom. The van der Waals surface area contributed by atoms with Crippen molar-refractivity contribution in [2.75, 3.05) is 0 Å². The van der Waals surface area contributed by atoms with Crippen LogP contribution in [0.5, 0.6) is 5.75 Å². The first-order valence-electron chi connectivity index (χ1n) is 4.72. The standard InChI is InChI=1S/C11H17NO/c1-3-9(2)13-11-6-4-10(8-12)5-7-11/h4-7,9H,3,8,12H2,1-2H3/t9-/m1/s1. The van der Waals surface area contributed by atoms with Crippen LogP contribution in [0.25, 0.3) is 0 Å². The van der Waals surface area contributed by atoms with E-state index in [-0.39, 0.29) is 6.10 Å². The molecule has 0 heterocycles. The average Bonchev–Trinajstić information content (AvgIpc) is 2.19. The van der Waals surface area contributed by atoms with E-state index in [0.29, 0.717) is 6.54 Å². The van der Waals surface area contributed by atoms with Crippen molar-refractivity contribution in [2.45, 2.75) is 32.9 Å². The Hall–Kier alpha value is -1.02. The molecular weight excluding hydrogens is 162 g/mol. The van der Waals surface area contributed by atoms with Crippen LogP contribution in [-0.2, 0) is 6.54 Å². The fourth-order valence-corrected chi connectivity index (χ4v) is 1.02. The van der Waals surface area contributed by atoms with Crippen molar-refractivity contribution in [2.24, 2.45) is 5.73 Å². The molecule has 0 fully saturated rings. The van der Waals surface area contributed by atoms with Gasteiger partial charge in [-0.2, -0.15) is 0 Å². The van der Waals surface area contributed by atoms with E-state index in [0.717, 1.165) is 17.7 Å². The molecule has 0 aliphatic rings. The fraction of sp³-hybridized carbons (Fsp3) is 0.455. The van der Waals surface area contributed by atoms with Gasteiger partial charge in [-0.3, -0.25) is 0 Å². The first-order valence-corrected chi connectivity index (χ1v) is 4.72. The Balaban J connectivity index is 2.58. The molecule has 1 aromatic carbocycles. The van der Waals surface area contributed by atoms with Crippen molar-refractivity contribution in [3.8, 4) is 5.75 Å². The second-order valence-corrected chi connectivity index (χ2v) is 3.18. The van der Waals surface area contributed by atoms with Gasteiger partial charge in [-0.25, -0.2) is 0 Å². The van der Waals surface area contributed by atoms with E-state index in [1.807, 2.05) is 24.3 Å². The molecule has 2 N–H and O–H groups in total. The molecule has 0 spiro atoms. The molecule has 0 amide bonds. The minimum atomic E-state index is 0.281. The topological polar surface area (TPSA) is 35.2 Å². The maximum atomic E-state index is 5.62. The molecule has 1 aromatic rings. The number of hydrogen-bond donors (Lipinski definition) is 1. The Morgan fingerprint density at radius 1 is 1.31 bits per heavy atom. The lowest BCUT2D eigenvalue weighted by Crippen LogP contribution is -2.09. The minimum Gasteiger partial charge on any atom is -0.491 e. The Kier molecular flexibility index (Phi) is 3.77. The number of benzene rings is 1. The molecular formula is C11H17NO. The Bertz CT molecular complexity index is 243. The Morgan fingerprint density at radius 3 is 2.38 bits per heavy atom. The van der Waals surface area contributed by atoms with Gasteiger partial charge in [0.2, 0.25) is 0 Å². The lowest BCUT2D eigenvalue weighted by Gasteiger charge is -2.12. The summed E-state index contributed by atoms with van der Waals surface area (Å²) in [6, 6.07) is 7.93. The van der Waals surface area contributed by atoms with E-state index < -0.39 is 0 Å². The van der Waals surface area contributed by atoms with Crippen molar-refractivity contribution in [3.63, 3.8) is 0 Å². The molecule has 1 rings (SSSR count). The predicted octanol–water partition coefficient (Wildman–Crippen LogP) is 2.32. The highest BCUT2D eigenvalue weighted by molar-refractivity contribution is 5.27. The van der Waals surface area contributed by atoms with Gasteiger partial charge < -0.3 is 10.5 Å². The molecule has 0 saturated heterocycles.